The van der Waals surface area contributed by atoms with Crippen LogP contribution in [0.2, 0.25) is 0 Å². The summed E-state index contributed by atoms with van der Waals surface area (Å²) in [6, 6.07) is 3.10. The molecule has 0 aliphatic rings. The number of nitrogens with zero attached hydrogens (tertiary/aromatic N) is 2. The molecule has 0 aliphatic carbocycles. The molecule has 5 nitrogen and oxygen atoms in total. The Bertz CT molecular complexity index is 639. The van der Waals surface area contributed by atoms with Crippen LogP contribution in [-0.4, -0.2) is 9.91 Å². The molecule has 0 saturated carbocycles. The number of hydrogen-bond acceptors (Lipinski definition) is 4. The summed E-state index contributed by atoms with van der Waals surface area (Å²) in [5.41, 5.74) is 0.706. The van der Waals surface area contributed by atoms with Gasteiger partial charge >= 0.3 is 0 Å². The molecular formula is C13H11F2N3O2. The number of anilines is 1. The van der Waals surface area contributed by atoms with Crippen LogP contribution in [0.4, 0.5) is 20.2 Å². The number of rotatable bonds is 4. The van der Waals surface area contributed by atoms with Crippen LogP contribution >= 0.6 is 0 Å². The minimum atomic E-state index is -0.997. The number of pyridine rings is 1. The monoisotopic (exact) mass is 279 g/mol. The molecule has 0 aliphatic heterocycles. The summed E-state index contributed by atoms with van der Waals surface area (Å²) in [5.74, 6) is -1.99. The van der Waals surface area contributed by atoms with E-state index in [-0.39, 0.29) is 12.2 Å². The SMILES string of the molecule is Cc1cnccc1CNc1c(F)cc([N+](=O)[O-])cc1F. The Morgan fingerprint density at radius 1 is 1.35 bits per heavy atom. The predicted octanol–water partition coefficient (Wildman–Crippen LogP) is 3.19. The second-order valence-corrected chi connectivity index (χ2v) is 4.20. The Morgan fingerprint density at radius 3 is 2.55 bits per heavy atom. The van der Waals surface area contributed by atoms with Gasteiger partial charge in [0, 0.05) is 18.9 Å². The molecule has 104 valence electrons. The number of nitro benzene ring substituents is 1. The van der Waals surface area contributed by atoms with E-state index in [9.17, 15) is 18.9 Å². The van der Waals surface area contributed by atoms with Crippen LogP contribution in [0.25, 0.3) is 0 Å². The summed E-state index contributed by atoms with van der Waals surface area (Å²) >= 11 is 0. The van der Waals surface area contributed by atoms with E-state index < -0.39 is 22.2 Å². The first kappa shape index (κ1) is 13.9. The average molecular weight is 279 g/mol. The summed E-state index contributed by atoms with van der Waals surface area (Å²) in [6.07, 6.45) is 3.21. The van der Waals surface area contributed by atoms with Crippen LogP contribution in [0.15, 0.2) is 30.6 Å². The molecule has 1 N–H and O–H groups in total. The van der Waals surface area contributed by atoms with Crippen molar-refractivity contribution in [3.63, 3.8) is 0 Å². The van der Waals surface area contributed by atoms with Crippen molar-refractivity contribution in [1.82, 2.24) is 4.98 Å². The third-order valence-electron chi connectivity index (χ3n) is 2.83. The Balaban J connectivity index is 2.22. The van der Waals surface area contributed by atoms with Gasteiger partial charge in [0.25, 0.3) is 5.69 Å². The Kier molecular flexibility index (Phi) is 3.88. The highest BCUT2D eigenvalue weighted by atomic mass is 19.1. The first-order valence-corrected chi connectivity index (χ1v) is 5.76. The van der Waals surface area contributed by atoms with Crippen LogP contribution in [0.5, 0.6) is 0 Å². The molecule has 0 radical (unpaired) electrons. The van der Waals surface area contributed by atoms with E-state index in [4.69, 9.17) is 0 Å². The van der Waals surface area contributed by atoms with Gasteiger partial charge < -0.3 is 5.32 Å². The maximum atomic E-state index is 13.7. The van der Waals surface area contributed by atoms with Gasteiger partial charge in [0.05, 0.1) is 17.1 Å². The van der Waals surface area contributed by atoms with E-state index in [1.54, 1.807) is 18.5 Å². The maximum Gasteiger partial charge on any atom is 0.275 e. The molecule has 0 fully saturated rings. The fourth-order valence-corrected chi connectivity index (χ4v) is 1.72. The summed E-state index contributed by atoms with van der Waals surface area (Å²) < 4.78 is 27.3. The van der Waals surface area contributed by atoms with Crippen LogP contribution in [0.3, 0.4) is 0 Å². The number of halogens is 2. The minimum absolute atomic E-state index is 0.194. The maximum absolute atomic E-state index is 13.7. The minimum Gasteiger partial charge on any atom is -0.376 e. The number of benzene rings is 1. The first-order valence-electron chi connectivity index (χ1n) is 5.76. The molecule has 7 heteroatoms. The first-order chi connectivity index (χ1) is 9.49. The average Bonchev–Trinajstić information content (AvgIpc) is 2.39. The number of non-ortho nitro benzene ring substituents is 1. The molecule has 2 rings (SSSR count). The molecule has 1 heterocycles. The molecule has 0 atom stereocenters. The fraction of sp³-hybridized carbons (Fsp3) is 0.154. The molecule has 0 unspecified atom stereocenters. The van der Waals surface area contributed by atoms with Gasteiger partial charge in [0.1, 0.15) is 5.69 Å². The van der Waals surface area contributed by atoms with Gasteiger partial charge in [-0.3, -0.25) is 15.1 Å². The number of nitro groups is 1. The summed E-state index contributed by atoms with van der Waals surface area (Å²) in [7, 11) is 0. The van der Waals surface area contributed by atoms with Gasteiger partial charge in [-0.25, -0.2) is 8.78 Å². The largest absolute Gasteiger partial charge is 0.376 e. The zero-order chi connectivity index (χ0) is 14.7. The smallest absolute Gasteiger partial charge is 0.275 e. The zero-order valence-electron chi connectivity index (χ0n) is 10.6. The molecule has 0 bridgehead atoms. The fourth-order valence-electron chi connectivity index (χ4n) is 1.72. The molecule has 0 saturated heterocycles. The van der Waals surface area contributed by atoms with Gasteiger partial charge in [-0.2, -0.15) is 0 Å². The van der Waals surface area contributed by atoms with E-state index in [1.165, 1.54) is 0 Å². The second-order valence-electron chi connectivity index (χ2n) is 4.20. The summed E-state index contributed by atoms with van der Waals surface area (Å²) in [5, 5.41) is 13.1. The third-order valence-corrected chi connectivity index (χ3v) is 2.83. The van der Waals surface area contributed by atoms with Crippen molar-refractivity contribution in [2.45, 2.75) is 13.5 Å². The van der Waals surface area contributed by atoms with Gasteiger partial charge in [0.15, 0.2) is 11.6 Å². The Labute approximate surface area is 113 Å². The third kappa shape index (κ3) is 2.87. The van der Waals surface area contributed by atoms with Crippen LogP contribution in [0.1, 0.15) is 11.1 Å². The quantitative estimate of drug-likeness (QED) is 0.689. The van der Waals surface area contributed by atoms with E-state index in [0.29, 0.717) is 12.1 Å². The molecular weight excluding hydrogens is 268 g/mol. The highest BCUT2D eigenvalue weighted by Crippen LogP contribution is 2.25. The molecule has 1 aromatic carbocycles. The number of aromatic nitrogens is 1. The van der Waals surface area contributed by atoms with Crippen molar-refractivity contribution < 1.29 is 13.7 Å². The van der Waals surface area contributed by atoms with Crippen LogP contribution in [0, 0.1) is 28.7 Å². The van der Waals surface area contributed by atoms with Gasteiger partial charge in [-0.1, -0.05) is 0 Å². The normalized spacial score (nSPS) is 10.3. The lowest BCUT2D eigenvalue weighted by Crippen LogP contribution is -2.06. The number of nitrogens with one attached hydrogen (secondary N) is 1. The van der Waals surface area contributed by atoms with Crippen molar-refractivity contribution in [1.29, 1.82) is 0 Å². The number of aryl methyl sites for hydroxylation is 1. The highest BCUT2D eigenvalue weighted by Gasteiger charge is 2.16. The summed E-state index contributed by atoms with van der Waals surface area (Å²) in [4.78, 5) is 13.6. The summed E-state index contributed by atoms with van der Waals surface area (Å²) in [6.45, 7) is 2.02. The highest BCUT2D eigenvalue weighted by molar-refractivity contribution is 5.52. The van der Waals surface area contributed by atoms with Gasteiger partial charge in [0.2, 0.25) is 0 Å². The van der Waals surface area contributed by atoms with Crippen molar-refractivity contribution >= 4 is 11.4 Å². The van der Waals surface area contributed by atoms with Crippen molar-refractivity contribution in [3.05, 3.63) is 63.5 Å². The number of hydrogen-bond donors (Lipinski definition) is 1. The van der Waals surface area contributed by atoms with Crippen molar-refractivity contribution in [2.24, 2.45) is 0 Å². The van der Waals surface area contributed by atoms with E-state index in [2.05, 4.69) is 10.3 Å². The molecule has 1 aromatic heterocycles. The van der Waals surface area contributed by atoms with E-state index in [0.717, 1.165) is 11.1 Å². The Hall–Kier alpha value is -2.57. The van der Waals surface area contributed by atoms with Crippen molar-refractivity contribution in [2.75, 3.05) is 5.32 Å². The van der Waals surface area contributed by atoms with E-state index in [1.807, 2.05) is 6.92 Å². The molecule has 0 amide bonds. The van der Waals surface area contributed by atoms with Gasteiger partial charge in [-0.15, -0.1) is 0 Å². The topological polar surface area (TPSA) is 68.1 Å². The van der Waals surface area contributed by atoms with E-state index >= 15 is 0 Å². The van der Waals surface area contributed by atoms with Gasteiger partial charge in [-0.05, 0) is 24.1 Å². The lowest BCUT2D eigenvalue weighted by atomic mass is 10.1. The lowest BCUT2D eigenvalue weighted by Gasteiger charge is -2.10. The van der Waals surface area contributed by atoms with Crippen molar-refractivity contribution in [3.8, 4) is 0 Å². The Morgan fingerprint density at radius 2 is 2.00 bits per heavy atom. The predicted molar refractivity (Wildman–Crippen MR) is 69.3 cm³/mol. The molecule has 0 spiro atoms. The second kappa shape index (κ2) is 5.60. The van der Waals surface area contributed by atoms with Crippen LogP contribution < -0.4 is 5.32 Å². The zero-order valence-corrected chi connectivity index (χ0v) is 10.6. The molecule has 2 aromatic rings. The lowest BCUT2D eigenvalue weighted by molar-refractivity contribution is -0.385. The molecule has 20 heavy (non-hydrogen) atoms. The standard InChI is InChI=1S/C13H11F2N3O2/c1-8-6-16-3-2-9(8)7-17-13-11(14)4-10(18(19)20)5-12(13)15/h2-6,17H,7H2,1H3. The van der Waals surface area contributed by atoms with Crippen LogP contribution in [-0.2, 0) is 6.54 Å².